The van der Waals surface area contributed by atoms with Crippen molar-refractivity contribution >= 4 is 23.0 Å². The SMILES string of the molecule is N#C/C(=N\c1ccccc1Cl)c1ccnc(-c2ccncc2)c1O. The highest BCUT2D eigenvalue weighted by atomic mass is 35.5. The first kappa shape index (κ1) is 15.7. The summed E-state index contributed by atoms with van der Waals surface area (Å²) >= 11 is 6.08. The van der Waals surface area contributed by atoms with E-state index in [1.165, 1.54) is 6.20 Å². The van der Waals surface area contributed by atoms with Gasteiger partial charge in [0.1, 0.15) is 11.8 Å². The van der Waals surface area contributed by atoms with E-state index in [1.807, 2.05) is 6.07 Å². The van der Waals surface area contributed by atoms with E-state index in [9.17, 15) is 10.4 Å². The summed E-state index contributed by atoms with van der Waals surface area (Å²) in [5.74, 6) is -0.115. The molecule has 0 fully saturated rings. The average Bonchev–Trinajstić information content (AvgIpc) is 2.62. The van der Waals surface area contributed by atoms with Crippen LogP contribution in [0.5, 0.6) is 5.75 Å². The van der Waals surface area contributed by atoms with Crippen LogP contribution in [0.25, 0.3) is 11.3 Å². The summed E-state index contributed by atoms with van der Waals surface area (Å²) in [7, 11) is 0. The lowest BCUT2D eigenvalue weighted by molar-refractivity contribution is 0.474. The number of aromatic nitrogens is 2. The standard InChI is InChI=1S/C18H11ClN4O/c19-14-3-1-2-4-15(14)23-16(11-20)13-7-10-22-17(18(13)24)12-5-8-21-9-6-12/h1-10,24H/b23-16+. The molecule has 0 aliphatic rings. The van der Waals surface area contributed by atoms with Crippen molar-refractivity contribution in [2.45, 2.75) is 0 Å². The molecular formula is C18H11ClN4O. The molecule has 0 amide bonds. The first-order chi connectivity index (χ1) is 11.7. The Labute approximate surface area is 143 Å². The highest BCUT2D eigenvalue weighted by Crippen LogP contribution is 2.31. The second-order valence-electron chi connectivity index (χ2n) is 4.82. The van der Waals surface area contributed by atoms with Crippen molar-refractivity contribution in [1.29, 1.82) is 5.26 Å². The Bertz CT molecular complexity index is 949. The van der Waals surface area contributed by atoms with Crippen LogP contribution in [0.4, 0.5) is 5.69 Å². The molecule has 0 spiro atoms. The van der Waals surface area contributed by atoms with Gasteiger partial charge in [0.05, 0.1) is 16.3 Å². The molecule has 0 aliphatic carbocycles. The molecule has 1 N–H and O–H groups in total. The number of para-hydroxylation sites is 1. The van der Waals surface area contributed by atoms with E-state index in [0.29, 0.717) is 27.5 Å². The van der Waals surface area contributed by atoms with Crippen LogP contribution in [0.15, 0.2) is 66.0 Å². The van der Waals surface area contributed by atoms with Crippen molar-refractivity contribution in [3.63, 3.8) is 0 Å². The largest absolute Gasteiger partial charge is 0.505 e. The summed E-state index contributed by atoms with van der Waals surface area (Å²) in [6.07, 6.45) is 4.72. The van der Waals surface area contributed by atoms with Gasteiger partial charge in [0.15, 0.2) is 11.5 Å². The normalized spacial score (nSPS) is 11.1. The maximum absolute atomic E-state index is 10.5. The Balaban J connectivity index is 2.12. The van der Waals surface area contributed by atoms with Gasteiger partial charge in [-0.3, -0.25) is 9.97 Å². The predicted octanol–water partition coefficient (Wildman–Crippen LogP) is 4.15. The van der Waals surface area contributed by atoms with Gasteiger partial charge in [-0.2, -0.15) is 5.26 Å². The molecule has 3 aromatic rings. The Morgan fingerprint density at radius 1 is 1.08 bits per heavy atom. The number of nitriles is 1. The van der Waals surface area contributed by atoms with Crippen LogP contribution in [0.2, 0.25) is 5.02 Å². The van der Waals surface area contributed by atoms with Crippen molar-refractivity contribution in [2.75, 3.05) is 0 Å². The Kier molecular flexibility index (Phi) is 4.50. The van der Waals surface area contributed by atoms with Gasteiger partial charge in [0, 0.05) is 24.2 Å². The maximum atomic E-state index is 10.5. The summed E-state index contributed by atoms with van der Waals surface area (Å²) < 4.78 is 0. The molecule has 2 heterocycles. The van der Waals surface area contributed by atoms with Gasteiger partial charge in [-0.05, 0) is 30.3 Å². The van der Waals surface area contributed by atoms with Gasteiger partial charge in [-0.1, -0.05) is 23.7 Å². The molecule has 0 saturated heterocycles. The molecule has 0 atom stereocenters. The third-order valence-electron chi connectivity index (χ3n) is 3.32. The lowest BCUT2D eigenvalue weighted by Gasteiger charge is -2.08. The zero-order chi connectivity index (χ0) is 16.9. The number of nitrogens with zero attached hydrogens (tertiary/aromatic N) is 4. The van der Waals surface area contributed by atoms with Crippen molar-refractivity contribution in [2.24, 2.45) is 4.99 Å². The quantitative estimate of drug-likeness (QED) is 0.729. The summed E-state index contributed by atoms with van der Waals surface area (Å²) in [6.45, 7) is 0. The lowest BCUT2D eigenvalue weighted by atomic mass is 10.1. The molecule has 2 aromatic heterocycles. The van der Waals surface area contributed by atoms with E-state index in [0.717, 1.165) is 0 Å². The molecule has 0 saturated carbocycles. The van der Waals surface area contributed by atoms with Crippen LogP contribution in [0.1, 0.15) is 5.56 Å². The third-order valence-corrected chi connectivity index (χ3v) is 3.64. The number of benzene rings is 1. The molecule has 0 unspecified atom stereocenters. The van der Waals surface area contributed by atoms with Gasteiger partial charge in [0.25, 0.3) is 0 Å². The molecule has 116 valence electrons. The van der Waals surface area contributed by atoms with Crippen molar-refractivity contribution in [1.82, 2.24) is 9.97 Å². The fourth-order valence-corrected chi connectivity index (χ4v) is 2.35. The van der Waals surface area contributed by atoms with Crippen LogP contribution < -0.4 is 0 Å². The van der Waals surface area contributed by atoms with Crippen LogP contribution in [-0.2, 0) is 0 Å². The molecule has 5 nitrogen and oxygen atoms in total. The number of hydrogen-bond donors (Lipinski definition) is 1. The number of aromatic hydroxyl groups is 1. The van der Waals surface area contributed by atoms with E-state index in [1.54, 1.807) is 54.9 Å². The van der Waals surface area contributed by atoms with Crippen molar-refractivity contribution in [3.8, 4) is 23.1 Å². The van der Waals surface area contributed by atoms with Gasteiger partial charge in [-0.15, -0.1) is 0 Å². The van der Waals surface area contributed by atoms with Gasteiger partial charge in [0.2, 0.25) is 0 Å². The minimum Gasteiger partial charge on any atom is -0.505 e. The molecule has 1 aromatic carbocycles. The number of pyridine rings is 2. The molecule has 0 radical (unpaired) electrons. The number of halogens is 1. The number of rotatable bonds is 3. The monoisotopic (exact) mass is 334 g/mol. The highest BCUT2D eigenvalue weighted by Gasteiger charge is 2.15. The van der Waals surface area contributed by atoms with Crippen LogP contribution in [0, 0.1) is 11.3 Å². The highest BCUT2D eigenvalue weighted by molar-refractivity contribution is 6.33. The summed E-state index contributed by atoms with van der Waals surface area (Å²) in [6, 6.07) is 13.9. The molecule has 24 heavy (non-hydrogen) atoms. The Morgan fingerprint density at radius 2 is 1.83 bits per heavy atom. The maximum Gasteiger partial charge on any atom is 0.152 e. The first-order valence-electron chi connectivity index (χ1n) is 7.02. The fourth-order valence-electron chi connectivity index (χ4n) is 2.17. The molecule has 0 bridgehead atoms. The molecule has 3 rings (SSSR count). The molecule has 6 heteroatoms. The van der Waals surface area contributed by atoms with E-state index < -0.39 is 0 Å². The summed E-state index contributed by atoms with van der Waals surface area (Å²) in [5, 5.41) is 20.4. The summed E-state index contributed by atoms with van der Waals surface area (Å²) in [4.78, 5) is 12.4. The minimum atomic E-state index is -0.115. The Morgan fingerprint density at radius 3 is 2.54 bits per heavy atom. The third kappa shape index (κ3) is 3.09. The van der Waals surface area contributed by atoms with Crippen LogP contribution in [-0.4, -0.2) is 20.8 Å². The number of hydrogen-bond acceptors (Lipinski definition) is 5. The van der Waals surface area contributed by atoms with E-state index in [2.05, 4.69) is 15.0 Å². The van der Waals surface area contributed by atoms with E-state index in [-0.39, 0.29) is 11.5 Å². The van der Waals surface area contributed by atoms with Crippen LogP contribution >= 0.6 is 11.6 Å². The van der Waals surface area contributed by atoms with Crippen molar-refractivity contribution < 1.29 is 5.11 Å². The Hall–Kier alpha value is -3.23. The second-order valence-corrected chi connectivity index (χ2v) is 5.22. The number of aliphatic imine (C=N–C) groups is 1. The average molecular weight is 335 g/mol. The van der Waals surface area contributed by atoms with E-state index in [4.69, 9.17) is 11.6 Å². The van der Waals surface area contributed by atoms with Crippen molar-refractivity contribution in [3.05, 3.63) is 71.6 Å². The molecular weight excluding hydrogens is 324 g/mol. The fraction of sp³-hybridized carbons (Fsp3) is 0. The van der Waals surface area contributed by atoms with Gasteiger partial charge in [-0.25, -0.2) is 4.99 Å². The zero-order valence-electron chi connectivity index (χ0n) is 12.4. The van der Waals surface area contributed by atoms with Gasteiger partial charge < -0.3 is 5.11 Å². The first-order valence-corrected chi connectivity index (χ1v) is 7.40. The predicted molar refractivity (Wildman–Crippen MR) is 92.4 cm³/mol. The van der Waals surface area contributed by atoms with Gasteiger partial charge >= 0.3 is 0 Å². The van der Waals surface area contributed by atoms with E-state index >= 15 is 0 Å². The summed E-state index contributed by atoms with van der Waals surface area (Å²) in [5.41, 5.74) is 1.85. The topological polar surface area (TPSA) is 82.2 Å². The van der Waals surface area contributed by atoms with Crippen LogP contribution in [0.3, 0.4) is 0 Å². The second kappa shape index (κ2) is 6.90. The minimum absolute atomic E-state index is 0.0540. The zero-order valence-corrected chi connectivity index (χ0v) is 13.1. The smallest absolute Gasteiger partial charge is 0.152 e. The lowest BCUT2D eigenvalue weighted by Crippen LogP contribution is -2.00. The molecule has 0 aliphatic heterocycles.